The van der Waals surface area contributed by atoms with Crippen LogP contribution in [0.5, 0.6) is 0 Å². The van der Waals surface area contributed by atoms with Crippen LogP contribution in [0.2, 0.25) is 0 Å². The molecular weight excluding hydrogens is 249 g/mol. The number of aromatic nitrogens is 2. The number of carboxylic acids is 1. The summed E-state index contributed by atoms with van der Waals surface area (Å²) in [7, 11) is 0. The highest BCUT2D eigenvalue weighted by molar-refractivity contribution is 5.88. The number of anilines is 2. The van der Waals surface area contributed by atoms with Gasteiger partial charge in [0.15, 0.2) is 5.82 Å². The second-order valence-electron chi connectivity index (χ2n) is 4.40. The quantitative estimate of drug-likeness (QED) is 0.889. The molecule has 0 spiro atoms. The summed E-state index contributed by atoms with van der Waals surface area (Å²) in [5.74, 6) is -1.27. The SMILES string of the molecule is CC(C)n1ccc(Nc2ccc(C(=O)O)cc2F)n1. The van der Waals surface area contributed by atoms with Crippen molar-refractivity contribution in [2.24, 2.45) is 0 Å². The van der Waals surface area contributed by atoms with Crippen LogP contribution >= 0.6 is 0 Å². The summed E-state index contributed by atoms with van der Waals surface area (Å²) in [4.78, 5) is 10.7. The number of benzene rings is 1. The van der Waals surface area contributed by atoms with Crippen LogP contribution in [0.1, 0.15) is 30.2 Å². The first-order chi connectivity index (χ1) is 8.97. The zero-order valence-corrected chi connectivity index (χ0v) is 10.6. The summed E-state index contributed by atoms with van der Waals surface area (Å²) in [6.07, 6.45) is 1.79. The smallest absolute Gasteiger partial charge is 0.335 e. The predicted molar refractivity (Wildman–Crippen MR) is 69.3 cm³/mol. The van der Waals surface area contributed by atoms with Crippen LogP contribution in [0.25, 0.3) is 0 Å². The molecule has 1 aromatic heterocycles. The zero-order valence-electron chi connectivity index (χ0n) is 10.6. The molecule has 0 aliphatic carbocycles. The summed E-state index contributed by atoms with van der Waals surface area (Å²) >= 11 is 0. The molecule has 0 unspecified atom stereocenters. The molecule has 6 heteroatoms. The molecule has 0 amide bonds. The Morgan fingerprint density at radius 1 is 1.42 bits per heavy atom. The molecule has 0 saturated heterocycles. The van der Waals surface area contributed by atoms with Gasteiger partial charge in [0.2, 0.25) is 0 Å². The molecule has 1 heterocycles. The standard InChI is InChI=1S/C13H14FN3O2/c1-8(2)17-6-5-12(16-17)15-11-4-3-9(13(18)19)7-10(11)14/h3-8H,1-2H3,(H,15,16)(H,18,19). The Morgan fingerprint density at radius 2 is 2.16 bits per heavy atom. The molecule has 5 nitrogen and oxygen atoms in total. The van der Waals surface area contributed by atoms with Crippen LogP contribution in [0.3, 0.4) is 0 Å². The van der Waals surface area contributed by atoms with E-state index in [4.69, 9.17) is 5.11 Å². The summed E-state index contributed by atoms with van der Waals surface area (Å²) < 4.78 is 15.4. The molecule has 0 aliphatic rings. The van der Waals surface area contributed by atoms with E-state index in [0.29, 0.717) is 5.82 Å². The second kappa shape index (κ2) is 5.09. The van der Waals surface area contributed by atoms with Crippen molar-refractivity contribution in [2.75, 3.05) is 5.32 Å². The third kappa shape index (κ3) is 2.90. The lowest BCUT2D eigenvalue weighted by atomic mass is 10.2. The second-order valence-corrected chi connectivity index (χ2v) is 4.40. The lowest BCUT2D eigenvalue weighted by molar-refractivity contribution is 0.0696. The van der Waals surface area contributed by atoms with Crippen LogP contribution in [0.4, 0.5) is 15.9 Å². The average molecular weight is 263 g/mol. The molecule has 0 aliphatic heterocycles. The molecule has 1 aromatic carbocycles. The third-order valence-electron chi connectivity index (χ3n) is 2.62. The maximum atomic E-state index is 13.7. The topological polar surface area (TPSA) is 67.2 Å². The molecular formula is C13H14FN3O2. The zero-order chi connectivity index (χ0) is 14.0. The number of aromatic carboxylic acids is 1. The van der Waals surface area contributed by atoms with Crippen molar-refractivity contribution in [1.82, 2.24) is 9.78 Å². The first kappa shape index (κ1) is 13.1. The van der Waals surface area contributed by atoms with Crippen molar-refractivity contribution in [3.05, 3.63) is 41.8 Å². The molecule has 0 fully saturated rings. The number of nitrogens with one attached hydrogen (secondary N) is 1. The van der Waals surface area contributed by atoms with Crippen molar-refractivity contribution >= 4 is 17.5 Å². The van der Waals surface area contributed by atoms with E-state index >= 15 is 0 Å². The Bertz CT molecular complexity index is 608. The normalized spacial score (nSPS) is 10.7. The Hall–Kier alpha value is -2.37. The number of hydrogen-bond donors (Lipinski definition) is 2. The molecule has 19 heavy (non-hydrogen) atoms. The van der Waals surface area contributed by atoms with Gasteiger partial charge in [-0.25, -0.2) is 9.18 Å². The van der Waals surface area contributed by atoms with E-state index in [0.717, 1.165) is 6.07 Å². The highest BCUT2D eigenvalue weighted by atomic mass is 19.1. The van der Waals surface area contributed by atoms with Gasteiger partial charge in [0.1, 0.15) is 5.82 Å². The fourth-order valence-corrected chi connectivity index (χ4v) is 1.58. The molecule has 2 rings (SSSR count). The maximum Gasteiger partial charge on any atom is 0.335 e. The van der Waals surface area contributed by atoms with E-state index in [1.54, 1.807) is 16.9 Å². The van der Waals surface area contributed by atoms with E-state index in [1.165, 1.54) is 12.1 Å². The van der Waals surface area contributed by atoms with Crippen molar-refractivity contribution in [3.8, 4) is 0 Å². The molecule has 2 aromatic rings. The Morgan fingerprint density at radius 3 is 2.68 bits per heavy atom. The van der Waals surface area contributed by atoms with E-state index in [9.17, 15) is 9.18 Å². The minimum atomic E-state index is -1.16. The predicted octanol–water partition coefficient (Wildman–Crippen LogP) is 3.04. The first-order valence-electron chi connectivity index (χ1n) is 5.82. The number of rotatable bonds is 4. The number of carbonyl (C=O) groups is 1. The fraction of sp³-hybridized carbons (Fsp3) is 0.231. The van der Waals surface area contributed by atoms with E-state index < -0.39 is 11.8 Å². The van der Waals surface area contributed by atoms with Crippen LogP contribution < -0.4 is 5.32 Å². The van der Waals surface area contributed by atoms with Crippen molar-refractivity contribution in [2.45, 2.75) is 19.9 Å². The van der Waals surface area contributed by atoms with Crippen LogP contribution in [-0.2, 0) is 0 Å². The molecule has 100 valence electrons. The van der Waals surface area contributed by atoms with E-state index in [-0.39, 0.29) is 17.3 Å². The lowest BCUT2D eigenvalue weighted by Crippen LogP contribution is -2.03. The van der Waals surface area contributed by atoms with Crippen LogP contribution in [-0.4, -0.2) is 20.9 Å². The Labute approximate surface area is 109 Å². The van der Waals surface area contributed by atoms with Crippen molar-refractivity contribution < 1.29 is 14.3 Å². The third-order valence-corrected chi connectivity index (χ3v) is 2.62. The van der Waals surface area contributed by atoms with Gasteiger partial charge in [-0.05, 0) is 32.0 Å². The van der Waals surface area contributed by atoms with E-state index in [1.807, 2.05) is 13.8 Å². The van der Waals surface area contributed by atoms with E-state index in [2.05, 4.69) is 10.4 Å². The van der Waals surface area contributed by atoms with Gasteiger partial charge in [-0.15, -0.1) is 0 Å². The van der Waals surface area contributed by atoms with Gasteiger partial charge >= 0.3 is 5.97 Å². The fourth-order valence-electron chi connectivity index (χ4n) is 1.58. The molecule has 2 N–H and O–H groups in total. The number of hydrogen-bond acceptors (Lipinski definition) is 3. The van der Waals surface area contributed by atoms with Gasteiger partial charge in [0.05, 0.1) is 11.3 Å². The minimum Gasteiger partial charge on any atom is -0.478 e. The highest BCUT2D eigenvalue weighted by Crippen LogP contribution is 2.20. The number of carboxylic acid groups (broad SMARTS) is 1. The summed E-state index contributed by atoms with van der Waals surface area (Å²) in [6.45, 7) is 3.97. The Balaban J connectivity index is 2.20. The van der Waals surface area contributed by atoms with Gasteiger partial charge in [0.25, 0.3) is 0 Å². The molecule has 0 saturated carbocycles. The largest absolute Gasteiger partial charge is 0.478 e. The maximum absolute atomic E-state index is 13.7. The molecule has 0 atom stereocenters. The highest BCUT2D eigenvalue weighted by Gasteiger charge is 2.09. The van der Waals surface area contributed by atoms with Crippen LogP contribution in [0.15, 0.2) is 30.5 Å². The van der Waals surface area contributed by atoms with Gasteiger partial charge in [-0.3, -0.25) is 4.68 Å². The monoisotopic (exact) mass is 263 g/mol. The number of halogens is 1. The lowest BCUT2D eigenvalue weighted by Gasteiger charge is -2.06. The van der Waals surface area contributed by atoms with Gasteiger partial charge in [-0.2, -0.15) is 5.10 Å². The summed E-state index contributed by atoms with van der Waals surface area (Å²) in [5, 5.41) is 15.8. The first-order valence-corrected chi connectivity index (χ1v) is 5.82. The van der Waals surface area contributed by atoms with Crippen molar-refractivity contribution in [3.63, 3.8) is 0 Å². The van der Waals surface area contributed by atoms with Gasteiger partial charge in [0, 0.05) is 18.3 Å². The summed E-state index contributed by atoms with van der Waals surface area (Å²) in [5.41, 5.74) is 0.106. The molecule has 0 radical (unpaired) electrons. The van der Waals surface area contributed by atoms with Crippen LogP contribution in [0, 0.1) is 5.82 Å². The van der Waals surface area contributed by atoms with Crippen molar-refractivity contribution in [1.29, 1.82) is 0 Å². The molecule has 0 bridgehead atoms. The summed E-state index contributed by atoms with van der Waals surface area (Å²) in [6, 6.07) is 5.64. The Kier molecular flexibility index (Phi) is 3.50. The van der Waals surface area contributed by atoms with Gasteiger partial charge < -0.3 is 10.4 Å². The average Bonchev–Trinajstić information content (AvgIpc) is 2.80. The number of nitrogens with zero attached hydrogens (tertiary/aromatic N) is 2. The minimum absolute atomic E-state index is 0.0873. The van der Waals surface area contributed by atoms with Gasteiger partial charge in [-0.1, -0.05) is 0 Å².